The molecule has 0 radical (unpaired) electrons. The van der Waals surface area contributed by atoms with Crippen LogP contribution >= 0.6 is 0 Å². The molecule has 0 N–H and O–H groups in total. The van der Waals surface area contributed by atoms with Crippen molar-refractivity contribution in [2.45, 2.75) is 0 Å². The van der Waals surface area contributed by atoms with E-state index in [1.54, 1.807) is 0 Å². The molecule has 0 amide bonds. The molecule has 8 heteroatoms. The SMILES string of the molecule is c1ccc(-c2ccc(-c3nc(-c4ccc(-c5ccccc5)cc4)nc(-c4ccc(-c5cccc6oc7cc8ccccc8cc7c56)c5ccccc45)n3)cc2)cc1.c1ccc(-c2nc(-c3ccc(-c4ccccc4-c4ccccc4)cc3)nc(-c3ccc(-c4cccc5oc6cc7ccccc7cc6c45)c4ccccc34)n2)cc1. The number of furan rings is 2. The number of benzene rings is 18. The molecule has 532 valence electrons. The fourth-order valence-electron chi connectivity index (χ4n) is 16.3. The molecule has 0 aliphatic carbocycles. The summed E-state index contributed by atoms with van der Waals surface area (Å²) in [6.45, 7) is 0. The van der Waals surface area contributed by atoms with Gasteiger partial charge in [0.1, 0.15) is 22.3 Å². The number of aromatic nitrogens is 6. The van der Waals surface area contributed by atoms with Crippen LogP contribution in [0.4, 0.5) is 0 Å². The van der Waals surface area contributed by atoms with E-state index in [1.807, 2.05) is 42.5 Å². The van der Waals surface area contributed by atoms with Crippen molar-refractivity contribution >= 4 is 87.0 Å². The van der Waals surface area contributed by atoms with E-state index in [-0.39, 0.29) is 0 Å². The van der Waals surface area contributed by atoms with Gasteiger partial charge in [-0.15, -0.1) is 0 Å². The van der Waals surface area contributed by atoms with Gasteiger partial charge in [-0.1, -0.05) is 352 Å². The van der Waals surface area contributed by atoms with Crippen LogP contribution < -0.4 is 0 Å². The minimum Gasteiger partial charge on any atom is -0.456 e. The Bertz CT molecular complexity index is 7330. The fraction of sp³-hybridized carbons (Fsp3) is 0. The summed E-state index contributed by atoms with van der Waals surface area (Å²) in [6.07, 6.45) is 0. The standard InChI is InChI=1S/2C53H33N3O/c1-3-14-34(15-4-1)40-20-9-10-21-41(40)35-26-28-37(29-27-35)52-54-51(36-16-5-2-6-17-36)55-53(56-52)46-31-30-44(42-22-11-12-23-43(42)46)45-24-13-25-48-50(45)47-32-38-18-7-8-19-39(38)33-49(47)57-48;1-3-12-34(13-4-1)36-22-26-38(27-23-36)51-54-52(39-28-24-37(25-29-39)35-14-5-2-6-15-35)56-53(55-51)46-31-30-44(42-18-9-10-19-43(42)46)45-20-11-21-48-50(45)47-32-40-16-7-8-17-41(40)33-49(47)57-48/h2*1-33H. The maximum atomic E-state index is 6.48. The van der Waals surface area contributed by atoms with Crippen LogP contribution in [0.1, 0.15) is 0 Å². The lowest BCUT2D eigenvalue weighted by atomic mass is 9.92. The highest BCUT2D eigenvalue weighted by Gasteiger charge is 2.23. The predicted molar refractivity (Wildman–Crippen MR) is 469 cm³/mol. The zero-order chi connectivity index (χ0) is 75.4. The molecule has 18 aromatic carbocycles. The smallest absolute Gasteiger partial charge is 0.164 e. The second-order valence-corrected chi connectivity index (χ2v) is 28.7. The van der Waals surface area contributed by atoms with Gasteiger partial charge in [0.15, 0.2) is 34.9 Å². The van der Waals surface area contributed by atoms with E-state index < -0.39 is 0 Å². The molecule has 0 saturated heterocycles. The quantitative estimate of drug-likeness (QED) is 0.119. The van der Waals surface area contributed by atoms with Crippen molar-refractivity contribution in [3.8, 4) is 135 Å². The summed E-state index contributed by atoms with van der Waals surface area (Å²) in [5.41, 5.74) is 22.9. The Morgan fingerprint density at radius 1 is 0.140 bits per heavy atom. The summed E-state index contributed by atoms with van der Waals surface area (Å²) in [5.74, 6) is 3.74. The lowest BCUT2D eigenvalue weighted by Crippen LogP contribution is -2.01. The molecule has 0 saturated carbocycles. The average molecular weight is 1460 g/mol. The van der Waals surface area contributed by atoms with E-state index >= 15 is 0 Å². The molecule has 0 bridgehead atoms. The molecule has 0 spiro atoms. The van der Waals surface area contributed by atoms with Crippen LogP contribution in [0.25, 0.3) is 222 Å². The molecule has 4 aromatic heterocycles. The van der Waals surface area contributed by atoms with E-state index in [9.17, 15) is 0 Å². The third-order valence-corrected chi connectivity index (χ3v) is 21.9. The summed E-state index contributed by atoms with van der Waals surface area (Å²) in [4.78, 5) is 30.9. The van der Waals surface area contributed by atoms with E-state index in [0.717, 1.165) is 149 Å². The topological polar surface area (TPSA) is 104 Å². The van der Waals surface area contributed by atoms with Gasteiger partial charge >= 0.3 is 0 Å². The summed E-state index contributed by atoms with van der Waals surface area (Å²) in [6, 6.07) is 140. The van der Waals surface area contributed by atoms with Gasteiger partial charge in [-0.05, 0) is 158 Å². The summed E-state index contributed by atoms with van der Waals surface area (Å²) in [7, 11) is 0. The Labute approximate surface area is 657 Å². The first-order valence-corrected chi connectivity index (χ1v) is 38.4. The molecule has 0 unspecified atom stereocenters. The number of fused-ring (bicyclic) bond motifs is 10. The van der Waals surface area contributed by atoms with Crippen molar-refractivity contribution in [1.29, 1.82) is 0 Å². The third kappa shape index (κ3) is 12.3. The normalized spacial score (nSPS) is 11.5. The van der Waals surface area contributed by atoms with Gasteiger partial charge in [-0.2, -0.15) is 0 Å². The minimum atomic E-state index is 0.621. The van der Waals surface area contributed by atoms with Gasteiger partial charge in [0.05, 0.1) is 0 Å². The Morgan fingerprint density at radius 3 is 0.781 bits per heavy atom. The average Bonchev–Trinajstić information content (AvgIpc) is 1.56. The highest BCUT2D eigenvalue weighted by Crippen LogP contribution is 2.46. The van der Waals surface area contributed by atoms with Gasteiger partial charge in [0.25, 0.3) is 0 Å². The van der Waals surface area contributed by atoms with E-state index in [2.05, 4.69) is 358 Å². The Hall–Kier alpha value is -15.4. The van der Waals surface area contributed by atoms with Crippen LogP contribution in [0, 0.1) is 0 Å². The highest BCUT2D eigenvalue weighted by atomic mass is 16.3. The maximum Gasteiger partial charge on any atom is 0.164 e. The molecule has 0 aliphatic heterocycles. The molecule has 4 heterocycles. The molecule has 8 nitrogen and oxygen atoms in total. The van der Waals surface area contributed by atoms with Gasteiger partial charge in [-0.3, -0.25) is 0 Å². The van der Waals surface area contributed by atoms with Crippen molar-refractivity contribution in [3.05, 3.63) is 400 Å². The van der Waals surface area contributed by atoms with Gasteiger partial charge in [-0.25, -0.2) is 29.9 Å². The monoisotopic (exact) mass is 1450 g/mol. The second-order valence-electron chi connectivity index (χ2n) is 28.7. The molecular formula is C106H66N6O2. The summed E-state index contributed by atoms with van der Waals surface area (Å²) >= 11 is 0. The van der Waals surface area contributed by atoms with Crippen LogP contribution in [0.3, 0.4) is 0 Å². The summed E-state index contributed by atoms with van der Waals surface area (Å²) in [5, 5.41) is 13.5. The molecule has 22 aromatic rings. The van der Waals surface area contributed by atoms with Crippen molar-refractivity contribution in [3.63, 3.8) is 0 Å². The highest BCUT2D eigenvalue weighted by molar-refractivity contribution is 6.20. The Balaban J connectivity index is 0.000000143. The first-order chi connectivity index (χ1) is 56.5. The van der Waals surface area contributed by atoms with E-state index in [4.69, 9.17) is 38.7 Å². The molecule has 114 heavy (non-hydrogen) atoms. The van der Waals surface area contributed by atoms with Crippen LogP contribution in [0.2, 0.25) is 0 Å². The van der Waals surface area contributed by atoms with E-state index in [1.165, 1.54) is 38.6 Å². The van der Waals surface area contributed by atoms with Crippen LogP contribution in [0.15, 0.2) is 409 Å². The Kier molecular flexibility index (Phi) is 16.7. The minimum absolute atomic E-state index is 0.621. The van der Waals surface area contributed by atoms with Crippen molar-refractivity contribution < 1.29 is 8.83 Å². The zero-order valence-corrected chi connectivity index (χ0v) is 61.6. The number of hydrogen-bond acceptors (Lipinski definition) is 8. The van der Waals surface area contributed by atoms with E-state index in [0.29, 0.717) is 34.9 Å². The molecule has 0 aliphatic rings. The second kappa shape index (κ2) is 28.6. The zero-order valence-electron chi connectivity index (χ0n) is 61.6. The Morgan fingerprint density at radius 2 is 0.395 bits per heavy atom. The van der Waals surface area contributed by atoms with Crippen molar-refractivity contribution in [2.24, 2.45) is 0 Å². The van der Waals surface area contributed by atoms with Crippen LogP contribution in [0.5, 0.6) is 0 Å². The number of rotatable bonds is 12. The largest absolute Gasteiger partial charge is 0.456 e. The van der Waals surface area contributed by atoms with Gasteiger partial charge in [0.2, 0.25) is 0 Å². The molecule has 22 rings (SSSR count). The fourth-order valence-corrected chi connectivity index (χ4v) is 16.3. The molecule has 0 atom stereocenters. The van der Waals surface area contributed by atoms with Crippen LogP contribution in [-0.2, 0) is 0 Å². The third-order valence-electron chi connectivity index (χ3n) is 21.9. The summed E-state index contributed by atoms with van der Waals surface area (Å²) < 4.78 is 12.9. The van der Waals surface area contributed by atoms with Crippen molar-refractivity contribution in [1.82, 2.24) is 29.9 Å². The number of hydrogen-bond donors (Lipinski definition) is 0. The predicted octanol–water partition coefficient (Wildman–Crippen LogP) is 28.2. The lowest BCUT2D eigenvalue weighted by molar-refractivity contribution is 0.669. The van der Waals surface area contributed by atoms with Crippen molar-refractivity contribution in [2.75, 3.05) is 0 Å². The lowest BCUT2D eigenvalue weighted by Gasteiger charge is -2.14. The maximum absolute atomic E-state index is 6.48. The van der Waals surface area contributed by atoms with Crippen LogP contribution in [-0.4, -0.2) is 29.9 Å². The first-order valence-electron chi connectivity index (χ1n) is 38.4. The molecular weight excluding hydrogens is 1390 g/mol. The van der Waals surface area contributed by atoms with Gasteiger partial charge in [0, 0.05) is 54.9 Å². The number of nitrogens with zero attached hydrogens (tertiary/aromatic N) is 6. The van der Waals surface area contributed by atoms with Gasteiger partial charge < -0.3 is 8.83 Å². The first kappa shape index (κ1) is 66.8. The molecule has 0 fully saturated rings.